The van der Waals surface area contributed by atoms with E-state index in [4.69, 9.17) is 5.26 Å². The molecule has 156 valence electrons. The van der Waals surface area contributed by atoms with Crippen molar-refractivity contribution in [3.05, 3.63) is 77.7 Å². The van der Waals surface area contributed by atoms with Gasteiger partial charge >= 0.3 is 6.36 Å². The Bertz CT molecular complexity index is 1290. The first-order chi connectivity index (χ1) is 14.7. The van der Waals surface area contributed by atoms with Gasteiger partial charge in [-0.1, -0.05) is 18.2 Å². The van der Waals surface area contributed by atoms with Crippen molar-refractivity contribution in [2.24, 2.45) is 0 Å². The SMILES string of the molecule is Cc1cc(-c2ccc(C#N)nc2)cc2cn(Cc3ccc(OC(F)(F)F)cc3)c(O)c12. The molecule has 0 unspecified atom stereocenters. The maximum Gasteiger partial charge on any atom is 0.573 e. The monoisotopic (exact) mass is 423 g/mol. The Morgan fingerprint density at radius 2 is 1.84 bits per heavy atom. The number of aromatic nitrogens is 2. The van der Waals surface area contributed by atoms with Crippen LogP contribution in [0.1, 0.15) is 16.8 Å². The van der Waals surface area contributed by atoms with Crippen molar-refractivity contribution < 1.29 is 23.0 Å². The number of nitriles is 1. The van der Waals surface area contributed by atoms with Crippen LogP contribution in [-0.2, 0) is 6.54 Å². The highest BCUT2D eigenvalue weighted by atomic mass is 19.4. The number of alkyl halides is 3. The lowest BCUT2D eigenvalue weighted by Gasteiger charge is -2.10. The molecule has 0 saturated heterocycles. The maximum absolute atomic E-state index is 12.3. The van der Waals surface area contributed by atoms with E-state index in [-0.39, 0.29) is 18.2 Å². The summed E-state index contributed by atoms with van der Waals surface area (Å²) in [5.41, 5.74) is 3.64. The number of hydrogen-bond acceptors (Lipinski definition) is 4. The molecule has 0 saturated carbocycles. The van der Waals surface area contributed by atoms with E-state index in [0.29, 0.717) is 16.6 Å². The lowest BCUT2D eigenvalue weighted by Crippen LogP contribution is -2.17. The van der Waals surface area contributed by atoms with Gasteiger partial charge in [0.05, 0.1) is 6.54 Å². The summed E-state index contributed by atoms with van der Waals surface area (Å²) in [6.07, 6.45) is -1.32. The Morgan fingerprint density at radius 3 is 2.45 bits per heavy atom. The zero-order valence-electron chi connectivity index (χ0n) is 16.3. The molecule has 0 atom stereocenters. The summed E-state index contributed by atoms with van der Waals surface area (Å²) in [5.74, 6) is -0.220. The van der Waals surface area contributed by atoms with E-state index in [0.717, 1.165) is 22.1 Å². The summed E-state index contributed by atoms with van der Waals surface area (Å²) in [4.78, 5) is 4.09. The van der Waals surface area contributed by atoms with Crippen LogP contribution in [0.4, 0.5) is 13.2 Å². The number of pyridine rings is 1. The van der Waals surface area contributed by atoms with Gasteiger partial charge in [-0.25, -0.2) is 4.98 Å². The van der Waals surface area contributed by atoms with Crippen LogP contribution in [0.3, 0.4) is 0 Å². The van der Waals surface area contributed by atoms with Crippen molar-refractivity contribution in [2.75, 3.05) is 0 Å². The third-order valence-corrected chi connectivity index (χ3v) is 4.88. The number of aromatic hydroxyl groups is 1. The average molecular weight is 423 g/mol. The molecule has 0 radical (unpaired) electrons. The number of benzene rings is 2. The van der Waals surface area contributed by atoms with Crippen LogP contribution in [0.15, 0.2) is 60.9 Å². The van der Waals surface area contributed by atoms with Gasteiger partial charge in [-0.15, -0.1) is 13.2 Å². The first-order valence-electron chi connectivity index (χ1n) is 9.27. The maximum atomic E-state index is 12.3. The van der Waals surface area contributed by atoms with Crippen molar-refractivity contribution in [1.29, 1.82) is 5.26 Å². The summed E-state index contributed by atoms with van der Waals surface area (Å²) in [5, 5.41) is 21.1. The number of ether oxygens (including phenoxy) is 1. The predicted octanol–water partition coefficient (Wildman–Crippen LogP) is 5.54. The molecule has 2 aromatic heterocycles. The minimum absolute atomic E-state index is 0.0765. The summed E-state index contributed by atoms with van der Waals surface area (Å²) in [6.45, 7) is 2.16. The van der Waals surface area contributed by atoms with Crippen LogP contribution in [0.5, 0.6) is 11.6 Å². The second kappa shape index (κ2) is 7.69. The molecule has 0 fully saturated rings. The van der Waals surface area contributed by atoms with Crippen molar-refractivity contribution >= 4 is 10.8 Å². The smallest absolute Gasteiger partial charge is 0.494 e. The molecule has 4 aromatic rings. The molecule has 2 aromatic carbocycles. The highest BCUT2D eigenvalue weighted by Crippen LogP contribution is 2.35. The van der Waals surface area contributed by atoms with Gasteiger partial charge in [0.15, 0.2) is 5.88 Å². The first kappa shape index (κ1) is 20.3. The third-order valence-electron chi connectivity index (χ3n) is 4.88. The molecule has 0 bridgehead atoms. The summed E-state index contributed by atoms with van der Waals surface area (Å²) >= 11 is 0. The fourth-order valence-electron chi connectivity index (χ4n) is 3.51. The number of hydrogen-bond donors (Lipinski definition) is 1. The zero-order valence-corrected chi connectivity index (χ0v) is 16.3. The summed E-state index contributed by atoms with van der Waals surface area (Å²) < 4.78 is 42.5. The standard InChI is InChI=1S/C23H16F3N3O2/c1-14-8-17(16-4-5-19(10-27)28-11-16)9-18-13-29(22(30)21(14)18)12-15-2-6-20(7-3-15)31-23(24,25)26/h2-9,11,13,30H,12H2,1H3. The van der Waals surface area contributed by atoms with Gasteiger partial charge in [0.2, 0.25) is 0 Å². The van der Waals surface area contributed by atoms with E-state index in [1.807, 2.05) is 31.2 Å². The van der Waals surface area contributed by atoms with Crippen molar-refractivity contribution in [1.82, 2.24) is 9.55 Å². The van der Waals surface area contributed by atoms with Crippen LogP contribution in [0.2, 0.25) is 0 Å². The van der Waals surface area contributed by atoms with Gasteiger partial charge < -0.3 is 14.4 Å². The van der Waals surface area contributed by atoms with E-state index in [1.54, 1.807) is 23.0 Å². The van der Waals surface area contributed by atoms with Crippen LogP contribution in [0, 0.1) is 18.3 Å². The first-order valence-corrected chi connectivity index (χ1v) is 9.27. The molecular weight excluding hydrogens is 407 g/mol. The molecule has 31 heavy (non-hydrogen) atoms. The third kappa shape index (κ3) is 4.31. The Morgan fingerprint density at radius 1 is 1.10 bits per heavy atom. The minimum atomic E-state index is -4.74. The molecule has 5 nitrogen and oxygen atoms in total. The average Bonchev–Trinajstić information content (AvgIpc) is 3.04. The minimum Gasteiger partial charge on any atom is -0.494 e. The molecule has 0 aliphatic carbocycles. The second-order valence-corrected chi connectivity index (χ2v) is 7.07. The number of halogens is 3. The predicted molar refractivity (Wildman–Crippen MR) is 109 cm³/mol. The van der Waals surface area contributed by atoms with Crippen molar-refractivity contribution in [3.8, 4) is 28.8 Å². The Labute approximate surface area is 175 Å². The number of nitrogens with zero attached hydrogens (tertiary/aromatic N) is 3. The normalized spacial score (nSPS) is 11.5. The number of fused-ring (bicyclic) bond motifs is 1. The summed E-state index contributed by atoms with van der Waals surface area (Å²) in [6, 6.07) is 14.8. The lowest BCUT2D eigenvalue weighted by molar-refractivity contribution is -0.274. The number of aryl methyl sites for hydroxylation is 1. The largest absolute Gasteiger partial charge is 0.573 e. The van der Waals surface area contributed by atoms with Crippen LogP contribution in [0.25, 0.3) is 21.9 Å². The number of rotatable bonds is 4. The van der Waals surface area contributed by atoms with Crippen LogP contribution in [-0.4, -0.2) is 21.0 Å². The Balaban J connectivity index is 1.64. The van der Waals surface area contributed by atoms with Gasteiger partial charge in [-0.05, 0) is 53.9 Å². The van der Waals surface area contributed by atoms with E-state index in [2.05, 4.69) is 9.72 Å². The van der Waals surface area contributed by atoms with Gasteiger partial charge in [-0.3, -0.25) is 0 Å². The fourth-order valence-corrected chi connectivity index (χ4v) is 3.51. The zero-order chi connectivity index (χ0) is 22.2. The van der Waals surface area contributed by atoms with Gasteiger partial charge in [0, 0.05) is 28.7 Å². The fraction of sp³-hybridized carbons (Fsp3) is 0.130. The Kier molecular flexibility index (Phi) is 5.03. The van der Waals surface area contributed by atoms with Crippen molar-refractivity contribution in [3.63, 3.8) is 0 Å². The van der Waals surface area contributed by atoms with Gasteiger partial charge in [-0.2, -0.15) is 5.26 Å². The molecule has 8 heteroatoms. The summed E-state index contributed by atoms with van der Waals surface area (Å²) in [7, 11) is 0. The van der Waals surface area contributed by atoms with E-state index < -0.39 is 6.36 Å². The van der Waals surface area contributed by atoms with Gasteiger partial charge in [0.1, 0.15) is 17.5 Å². The molecule has 0 spiro atoms. The molecular formula is C23H16F3N3O2. The lowest BCUT2D eigenvalue weighted by atomic mass is 10.0. The molecule has 0 aliphatic heterocycles. The van der Waals surface area contributed by atoms with E-state index in [9.17, 15) is 18.3 Å². The molecule has 2 heterocycles. The second-order valence-electron chi connectivity index (χ2n) is 7.07. The molecule has 4 rings (SSSR count). The van der Waals surface area contributed by atoms with Crippen LogP contribution < -0.4 is 4.74 Å². The van der Waals surface area contributed by atoms with Gasteiger partial charge in [0.25, 0.3) is 0 Å². The quantitative estimate of drug-likeness (QED) is 0.468. The van der Waals surface area contributed by atoms with E-state index >= 15 is 0 Å². The topological polar surface area (TPSA) is 71.1 Å². The molecule has 1 N–H and O–H groups in total. The molecule has 0 aliphatic rings. The van der Waals surface area contributed by atoms with Crippen molar-refractivity contribution in [2.45, 2.75) is 19.8 Å². The highest BCUT2D eigenvalue weighted by Gasteiger charge is 2.30. The molecule has 0 amide bonds. The highest BCUT2D eigenvalue weighted by molar-refractivity contribution is 5.94. The Hall–Kier alpha value is -3.99. The van der Waals surface area contributed by atoms with Crippen LogP contribution >= 0.6 is 0 Å². The van der Waals surface area contributed by atoms with E-state index in [1.165, 1.54) is 24.3 Å².